The molecule has 0 unspecified atom stereocenters. The molecular weight excluding hydrogens is 202 g/mol. The van der Waals surface area contributed by atoms with Crippen molar-refractivity contribution in [3.63, 3.8) is 0 Å². The molecule has 0 bridgehead atoms. The van der Waals surface area contributed by atoms with Crippen LogP contribution >= 0.6 is 0 Å². The van der Waals surface area contributed by atoms with Gasteiger partial charge in [0.25, 0.3) is 0 Å². The number of hydrogen-bond donors (Lipinski definition) is 0. The summed E-state index contributed by atoms with van der Waals surface area (Å²) in [5.74, 6) is 1.75. The highest BCUT2D eigenvalue weighted by atomic mass is 16.1. The fraction of sp³-hybridized carbons (Fsp3) is 0.333. The smallest absolute Gasteiger partial charge is 0.125 e. The molecule has 1 aromatic rings. The van der Waals surface area contributed by atoms with Gasteiger partial charge in [0.2, 0.25) is 0 Å². The summed E-state index contributed by atoms with van der Waals surface area (Å²) in [5.41, 5.74) is 10.2. The minimum Gasteiger partial charge on any atom is -0.233 e. The Hall–Kier alpha value is -2.02. The van der Waals surface area contributed by atoms with Crippen molar-refractivity contribution in [1.82, 2.24) is 0 Å². The Kier molecular flexibility index (Phi) is 5.49. The van der Waals surface area contributed by atoms with E-state index in [1.807, 2.05) is 24.3 Å². The van der Waals surface area contributed by atoms with E-state index in [-0.39, 0.29) is 0 Å². The van der Waals surface area contributed by atoms with Gasteiger partial charge in [0.1, 0.15) is 5.94 Å². The monoisotopic (exact) mass is 215 g/mol. The molecule has 1 aromatic carbocycles. The zero-order valence-electron chi connectivity index (χ0n) is 8.97. The molecule has 0 saturated carbocycles. The number of hydrogen-bond acceptors (Lipinski definition) is 2. The van der Waals surface area contributed by atoms with E-state index in [2.05, 4.69) is 10.0 Å². The zero-order valence-corrected chi connectivity index (χ0v) is 8.97. The van der Waals surface area contributed by atoms with Crippen molar-refractivity contribution >= 4 is 12.0 Å². The molecule has 0 N–H and O–H groups in total. The first-order valence-electron chi connectivity index (χ1n) is 5.17. The Labute approximate surface area is 94.2 Å². The van der Waals surface area contributed by atoms with Crippen molar-refractivity contribution in [2.24, 2.45) is 5.11 Å². The van der Waals surface area contributed by atoms with E-state index in [0.717, 1.165) is 24.8 Å². The van der Waals surface area contributed by atoms with Gasteiger partial charge in [-0.05, 0) is 35.9 Å². The average molecular weight is 215 g/mol. The second-order valence-electron chi connectivity index (χ2n) is 3.42. The van der Waals surface area contributed by atoms with Crippen LogP contribution in [0.1, 0.15) is 24.0 Å². The second kappa shape index (κ2) is 7.30. The predicted molar refractivity (Wildman–Crippen MR) is 63.6 cm³/mol. The van der Waals surface area contributed by atoms with Crippen LogP contribution in [0.2, 0.25) is 0 Å². The van der Waals surface area contributed by atoms with Crippen molar-refractivity contribution in [2.45, 2.75) is 19.3 Å². The average Bonchev–Trinajstić information content (AvgIpc) is 2.31. The standard InChI is InChI=1S/C12H13N3O/c13-15-14-9-2-1-3-11-4-6-12(7-5-11)8-10-16/h4-8H,1-3,9H2. The highest BCUT2D eigenvalue weighted by Gasteiger charge is 1.93. The first kappa shape index (κ1) is 12.1. The molecule has 4 heteroatoms. The summed E-state index contributed by atoms with van der Waals surface area (Å²) >= 11 is 0. The normalized spacial score (nSPS) is 9.00. The van der Waals surface area contributed by atoms with Gasteiger partial charge in [0, 0.05) is 17.5 Å². The fourth-order valence-corrected chi connectivity index (χ4v) is 1.40. The zero-order chi connectivity index (χ0) is 11.6. The summed E-state index contributed by atoms with van der Waals surface area (Å²) in [6.45, 7) is 0.558. The largest absolute Gasteiger partial charge is 0.233 e. The SMILES string of the molecule is [N-]=[N+]=NCCCCc1ccc(C=C=O)cc1. The van der Waals surface area contributed by atoms with Crippen LogP contribution in [0.5, 0.6) is 0 Å². The fourth-order valence-electron chi connectivity index (χ4n) is 1.40. The number of rotatable bonds is 6. The molecule has 0 fully saturated rings. The van der Waals surface area contributed by atoms with Crippen LogP contribution in [-0.4, -0.2) is 12.5 Å². The molecule has 4 nitrogen and oxygen atoms in total. The Morgan fingerprint density at radius 1 is 1.31 bits per heavy atom. The maximum Gasteiger partial charge on any atom is 0.125 e. The van der Waals surface area contributed by atoms with E-state index in [4.69, 9.17) is 5.53 Å². The van der Waals surface area contributed by atoms with E-state index in [9.17, 15) is 4.79 Å². The molecule has 0 aliphatic heterocycles. The maximum atomic E-state index is 10.1. The Morgan fingerprint density at radius 2 is 2.06 bits per heavy atom. The number of benzene rings is 1. The van der Waals surface area contributed by atoms with Crippen LogP contribution < -0.4 is 0 Å². The van der Waals surface area contributed by atoms with E-state index < -0.39 is 0 Å². The number of nitrogens with zero attached hydrogens (tertiary/aromatic N) is 3. The molecular formula is C12H13N3O. The highest BCUT2D eigenvalue weighted by molar-refractivity contribution is 5.74. The molecule has 0 amide bonds. The van der Waals surface area contributed by atoms with Crippen molar-refractivity contribution in [2.75, 3.05) is 6.54 Å². The van der Waals surface area contributed by atoms with Gasteiger partial charge >= 0.3 is 0 Å². The van der Waals surface area contributed by atoms with Gasteiger partial charge < -0.3 is 0 Å². The molecule has 0 aliphatic carbocycles. The van der Waals surface area contributed by atoms with E-state index in [1.54, 1.807) is 5.94 Å². The Morgan fingerprint density at radius 3 is 2.69 bits per heavy atom. The summed E-state index contributed by atoms with van der Waals surface area (Å²) in [4.78, 5) is 12.8. The minimum absolute atomic E-state index is 0.558. The lowest BCUT2D eigenvalue weighted by Gasteiger charge is -2.00. The third kappa shape index (κ3) is 4.47. The van der Waals surface area contributed by atoms with Crippen molar-refractivity contribution in [1.29, 1.82) is 0 Å². The van der Waals surface area contributed by atoms with Gasteiger partial charge in [0.15, 0.2) is 0 Å². The Bertz CT molecular complexity index is 412. The molecule has 0 aromatic heterocycles. The molecule has 0 spiro atoms. The van der Waals surface area contributed by atoms with Gasteiger partial charge in [-0.1, -0.05) is 29.4 Å². The maximum absolute atomic E-state index is 10.1. The second-order valence-corrected chi connectivity index (χ2v) is 3.42. The number of aryl methyl sites for hydroxylation is 1. The van der Waals surface area contributed by atoms with Gasteiger partial charge in [-0.2, -0.15) is 0 Å². The molecule has 0 atom stereocenters. The summed E-state index contributed by atoms with van der Waals surface area (Å²) < 4.78 is 0. The summed E-state index contributed by atoms with van der Waals surface area (Å²) in [5, 5.41) is 3.47. The van der Waals surface area contributed by atoms with Crippen LogP contribution in [0.3, 0.4) is 0 Å². The molecule has 0 radical (unpaired) electrons. The Balaban J connectivity index is 2.37. The van der Waals surface area contributed by atoms with Gasteiger partial charge in [-0.15, -0.1) is 0 Å². The lowest BCUT2D eigenvalue weighted by atomic mass is 10.1. The third-order valence-electron chi connectivity index (χ3n) is 2.24. The molecule has 0 aliphatic rings. The lowest BCUT2D eigenvalue weighted by Crippen LogP contribution is -1.87. The van der Waals surface area contributed by atoms with Crippen LogP contribution in [0.4, 0.5) is 0 Å². The van der Waals surface area contributed by atoms with Gasteiger partial charge in [-0.25, -0.2) is 4.79 Å². The van der Waals surface area contributed by atoms with Crippen LogP contribution in [0, 0.1) is 0 Å². The highest BCUT2D eigenvalue weighted by Crippen LogP contribution is 2.08. The van der Waals surface area contributed by atoms with Crippen LogP contribution in [0.25, 0.3) is 16.5 Å². The summed E-state index contributed by atoms with van der Waals surface area (Å²) in [6.07, 6.45) is 4.28. The van der Waals surface area contributed by atoms with E-state index in [0.29, 0.717) is 6.54 Å². The predicted octanol–water partition coefficient (Wildman–Crippen LogP) is 3.16. The number of unbranched alkanes of at least 4 members (excludes halogenated alkanes) is 1. The van der Waals surface area contributed by atoms with Gasteiger partial charge in [-0.3, -0.25) is 0 Å². The molecule has 0 heterocycles. The first-order valence-corrected chi connectivity index (χ1v) is 5.17. The first-order chi connectivity index (χ1) is 7.86. The molecule has 82 valence electrons. The van der Waals surface area contributed by atoms with Crippen LogP contribution in [0.15, 0.2) is 29.4 Å². The molecule has 1 rings (SSSR count). The summed E-state index contributed by atoms with van der Waals surface area (Å²) in [7, 11) is 0. The third-order valence-corrected chi connectivity index (χ3v) is 2.24. The van der Waals surface area contributed by atoms with Crippen molar-refractivity contribution < 1.29 is 4.79 Å². The topological polar surface area (TPSA) is 65.8 Å². The van der Waals surface area contributed by atoms with E-state index >= 15 is 0 Å². The molecule has 0 saturated heterocycles. The number of carbonyl (C=O) groups excluding carboxylic acids is 1. The molecule has 16 heavy (non-hydrogen) atoms. The minimum atomic E-state index is 0.558. The van der Waals surface area contributed by atoms with Crippen molar-refractivity contribution in [3.05, 3.63) is 45.8 Å². The lowest BCUT2D eigenvalue weighted by molar-refractivity contribution is 0.570. The van der Waals surface area contributed by atoms with Crippen molar-refractivity contribution in [3.8, 4) is 0 Å². The van der Waals surface area contributed by atoms with Crippen LogP contribution in [-0.2, 0) is 11.2 Å². The van der Waals surface area contributed by atoms with E-state index in [1.165, 1.54) is 11.6 Å². The quantitative estimate of drug-likeness (QED) is 0.236. The summed E-state index contributed by atoms with van der Waals surface area (Å²) in [6, 6.07) is 7.79. The number of azide groups is 1. The van der Waals surface area contributed by atoms with Gasteiger partial charge in [0.05, 0.1) is 0 Å².